The molecule has 1 aromatic carbocycles. The van der Waals surface area contributed by atoms with Crippen LogP contribution in [0.3, 0.4) is 0 Å². The van der Waals surface area contributed by atoms with Crippen LogP contribution in [0.4, 0.5) is 0 Å². The molecule has 1 aromatic rings. The SMILES string of the molecule is CC(C)(C)C(=O)OCc1ccc(CCCCNC(=O)CN2C(=O)[C@@H](N3C(=O)C=CC3=O)CC2COCCS(=O)(=O)O)cc1O[C@@H]1O[C@H](C(=O)O)[C@@H](O)[C@H](O)[C@H]1O. The zero-order valence-corrected chi connectivity index (χ0v) is 31.8. The fourth-order valence-electron chi connectivity index (χ4n) is 6.05. The molecule has 0 aliphatic carbocycles. The van der Waals surface area contributed by atoms with Gasteiger partial charge in [0, 0.05) is 30.7 Å². The van der Waals surface area contributed by atoms with Gasteiger partial charge in [0.2, 0.25) is 18.1 Å². The van der Waals surface area contributed by atoms with Crippen molar-refractivity contribution in [2.75, 3.05) is 32.1 Å². The van der Waals surface area contributed by atoms with Crippen LogP contribution in [0.1, 0.15) is 51.2 Å². The Balaban J connectivity index is 1.36. The minimum atomic E-state index is -4.31. The predicted molar refractivity (Wildman–Crippen MR) is 189 cm³/mol. The molecule has 4 amide bonds. The molecule has 20 nitrogen and oxygen atoms in total. The Hall–Kier alpha value is -4.51. The molecule has 2 saturated heterocycles. The Morgan fingerprint density at radius 2 is 1.68 bits per heavy atom. The summed E-state index contributed by atoms with van der Waals surface area (Å²) in [5.41, 5.74) is 0.192. The van der Waals surface area contributed by atoms with E-state index in [2.05, 4.69) is 5.32 Å². The molecule has 0 spiro atoms. The van der Waals surface area contributed by atoms with E-state index in [1.165, 1.54) is 0 Å². The summed E-state index contributed by atoms with van der Waals surface area (Å²) < 4.78 is 52.9. The molecule has 0 saturated carbocycles. The average Bonchev–Trinajstić information content (AvgIpc) is 3.60. The van der Waals surface area contributed by atoms with Crippen molar-refractivity contribution in [2.24, 2.45) is 5.41 Å². The Morgan fingerprint density at radius 1 is 1.00 bits per heavy atom. The van der Waals surface area contributed by atoms with E-state index in [-0.39, 0.29) is 31.9 Å². The smallest absolute Gasteiger partial charge is 0.335 e. The lowest BCUT2D eigenvalue weighted by Gasteiger charge is -2.38. The largest absolute Gasteiger partial charge is 0.479 e. The molecule has 4 rings (SSSR count). The number of nitrogens with zero attached hydrogens (tertiary/aromatic N) is 2. The predicted octanol–water partition coefficient (Wildman–Crippen LogP) is -1.72. The second-order valence-corrected chi connectivity index (χ2v) is 16.1. The van der Waals surface area contributed by atoms with E-state index in [1.807, 2.05) is 0 Å². The van der Waals surface area contributed by atoms with Gasteiger partial charge in [-0.25, -0.2) is 4.79 Å². The van der Waals surface area contributed by atoms with Crippen LogP contribution >= 0.6 is 0 Å². The number of amides is 4. The van der Waals surface area contributed by atoms with Crippen molar-refractivity contribution in [3.05, 3.63) is 41.5 Å². The van der Waals surface area contributed by atoms with E-state index < -0.39 is 113 Å². The number of imide groups is 1. The molecule has 21 heteroatoms. The number of benzene rings is 1. The van der Waals surface area contributed by atoms with Crippen molar-refractivity contribution in [1.82, 2.24) is 15.1 Å². The third-order valence-electron chi connectivity index (χ3n) is 9.14. The highest BCUT2D eigenvalue weighted by atomic mass is 32.2. The molecule has 6 N–H and O–H groups in total. The topological polar surface area (TPSA) is 293 Å². The minimum absolute atomic E-state index is 0.0486. The van der Waals surface area contributed by atoms with Gasteiger partial charge in [0.15, 0.2) is 6.10 Å². The quantitative estimate of drug-likeness (QED) is 0.0416. The summed E-state index contributed by atoms with van der Waals surface area (Å²) >= 11 is 0. The number of unbranched alkanes of at least 4 members (excludes halogenated alkanes) is 1. The lowest BCUT2D eigenvalue weighted by atomic mass is 9.97. The number of likely N-dealkylation sites (tertiary alicyclic amines) is 1. The van der Waals surface area contributed by atoms with Crippen LogP contribution < -0.4 is 10.1 Å². The summed E-state index contributed by atoms with van der Waals surface area (Å²) in [6, 6.07) is 2.89. The van der Waals surface area contributed by atoms with E-state index in [0.29, 0.717) is 30.4 Å². The molecular formula is C35H47N3O17S. The summed E-state index contributed by atoms with van der Waals surface area (Å²) in [6.07, 6.45) is -5.93. The number of aliphatic hydroxyl groups excluding tert-OH is 3. The van der Waals surface area contributed by atoms with Gasteiger partial charge in [0.05, 0.1) is 37.0 Å². The summed E-state index contributed by atoms with van der Waals surface area (Å²) in [5, 5.41) is 43.0. The molecule has 0 bridgehead atoms. The van der Waals surface area contributed by atoms with Crippen molar-refractivity contribution in [3.8, 4) is 5.75 Å². The Kier molecular flexibility index (Phi) is 14.7. The van der Waals surface area contributed by atoms with Gasteiger partial charge in [-0.1, -0.05) is 12.1 Å². The van der Waals surface area contributed by atoms with Crippen LogP contribution in [-0.2, 0) is 66.1 Å². The number of esters is 1. The molecule has 3 aliphatic rings. The van der Waals surface area contributed by atoms with Gasteiger partial charge in [0.1, 0.15) is 36.7 Å². The van der Waals surface area contributed by atoms with E-state index in [1.54, 1.807) is 39.0 Å². The number of nitrogens with one attached hydrogen (secondary N) is 1. The van der Waals surface area contributed by atoms with Gasteiger partial charge in [-0.15, -0.1) is 0 Å². The van der Waals surface area contributed by atoms with Crippen molar-refractivity contribution >= 4 is 45.7 Å². The Bertz CT molecular complexity index is 1780. The van der Waals surface area contributed by atoms with E-state index in [4.69, 9.17) is 23.5 Å². The number of hydrogen-bond donors (Lipinski definition) is 6. The standard InChI is InChI=1S/C35H47N3O17S/c1-35(2,3)34(48)53-17-20-8-7-19(14-23(20)54-33-29(44)27(42)28(43)30(55-33)32(46)47)6-4-5-11-36-24(39)16-37-21(18-52-12-13-56(49,50)51)15-22(31(37)45)38-25(40)9-10-26(38)41/h7-10,14,21-22,27-30,33,42-44H,4-6,11-13,15-18H2,1-3H3,(H,36,39)(H,46,47)(H,49,50,51)/t21?,22-,27-,28-,29+,30-,33+/m0/s1. The number of ether oxygens (including phenoxy) is 4. The van der Waals surface area contributed by atoms with Crippen molar-refractivity contribution in [2.45, 2.75) is 95.9 Å². The van der Waals surface area contributed by atoms with Gasteiger partial charge in [-0.05, 0) is 51.7 Å². The first-order valence-electron chi connectivity index (χ1n) is 17.7. The highest BCUT2D eigenvalue weighted by Gasteiger charge is 2.49. The van der Waals surface area contributed by atoms with Crippen molar-refractivity contribution in [1.29, 1.82) is 0 Å². The Labute approximate surface area is 322 Å². The third-order valence-corrected chi connectivity index (χ3v) is 9.82. The highest BCUT2D eigenvalue weighted by Crippen LogP contribution is 2.30. The molecule has 3 heterocycles. The lowest BCUT2D eigenvalue weighted by molar-refractivity contribution is -0.271. The third kappa shape index (κ3) is 11.5. The van der Waals surface area contributed by atoms with Gasteiger partial charge < -0.3 is 49.6 Å². The zero-order chi connectivity index (χ0) is 41.5. The number of carbonyl (C=O) groups excluding carboxylic acids is 5. The normalized spacial score (nSPS) is 25.5. The second-order valence-electron chi connectivity index (χ2n) is 14.5. The maximum atomic E-state index is 13.3. The summed E-state index contributed by atoms with van der Waals surface area (Å²) in [6.45, 7) is 3.84. The molecule has 7 atom stereocenters. The first-order valence-corrected chi connectivity index (χ1v) is 19.3. The molecule has 310 valence electrons. The first-order chi connectivity index (χ1) is 26.2. The monoisotopic (exact) mass is 813 g/mol. The number of carboxylic acids is 1. The fourth-order valence-corrected chi connectivity index (χ4v) is 6.38. The number of aryl methyl sites for hydroxylation is 1. The van der Waals surface area contributed by atoms with E-state index in [0.717, 1.165) is 22.0 Å². The lowest BCUT2D eigenvalue weighted by Crippen LogP contribution is -2.61. The maximum absolute atomic E-state index is 13.3. The average molecular weight is 814 g/mol. The van der Waals surface area contributed by atoms with Crippen LogP contribution in [0.25, 0.3) is 0 Å². The van der Waals surface area contributed by atoms with Gasteiger partial charge >= 0.3 is 11.9 Å². The molecule has 3 aliphatic heterocycles. The van der Waals surface area contributed by atoms with Gasteiger partial charge in [-0.2, -0.15) is 8.42 Å². The number of hydrogen-bond acceptors (Lipinski definition) is 15. The second kappa shape index (κ2) is 18.6. The van der Waals surface area contributed by atoms with Crippen LogP contribution in [0.2, 0.25) is 0 Å². The van der Waals surface area contributed by atoms with Crippen LogP contribution in [0.15, 0.2) is 30.4 Å². The van der Waals surface area contributed by atoms with Crippen LogP contribution in [0, 0.1) is 5.41 Å². The molecule has 0 radical (unpaired) electrons. The number of aliphatic hydroxyl groups is 3. The molecule has 2 fully saturated rings. The number of rotatable bonds is 18. The van der Waals surface area contributed by atoms with Gasteiger partial charge in [0.25, 0.3) is 21.9 Å². The summed E-state index contributed by atoms with van der Waals surface area (Å²) in [7, 11) is -4.31. The minimum Gasteiger partial charge on any atom is -0.479 e. The molecule has 0 aromatic heterocycles. The highest BCUT2D eigenvalue weighted by molar-refractivity contribution is 7.85. The first kappa shape index (κ1) is 44.2. The Morgan fingerprint density at radius 3 is 2.30 bits per heavy atom. The molecule has 1 unspecified atom stereocenters. The van der Waals surface area contributed by atoms with E-state index >= 15 is 0 Å². The van der Waals surface area contributed by atoms with E-state index in [9.17, 15) is 57.6 Å². The summed E-state index contributed by atoms with van der Waals surface area (Å²) in [5.74, 6) is -5.36. The fraction of sp³-hybridized carbons (Fsp3) is 0.600. The van der Waals surface area contributed by atoms with Crippen molar-refractivity contribution < 1.29 is 81.1 Å². The molecular weight excluding hydrogens is 766 g/mol. The number of aliphatic carboxylic acids is 1. The summed E-state index contributed by atoms with van der Waals surface area (Å²) in [4.78, 5) is 76.8. The van der Waals surface area contributed by atoms with Crippen LogP contribution in [-0.4, -0.2) is 154 Å². The van der Waals surface area contributed by atoms with Crippen molar-refractivity contribution in [3.63, 3.8) is 0 Å². The zero-order valence-electron chi connectivity index (χ0n) is 30.9. The number of carbonyl (C=O) groups is 6. The maximum Gasteiger partial charge on any atom is 0.335 e. The van der Waals surface area contributed by atoms with Gasteiger partial charge in [-0.3, -0.25) is 33.4 Å². The van der Waals surface area contributed by atoms with Crippen LogP contribution in [0.5, 0.6) is 5.75 Å². The number of carboxylic acid groups (broad SMARTS) is 1. The molecule has 56 heavy (non-hydrogen) atoms.